The van der Waals surface area contributed by atoms with Gasteiger partial charge in [-0.15, -0.1) is 13.2 Å². The van der Waals surface area contributed by atoms with E-state index in [1.54, 1.807) is 24.3 Å². The average molecular weight is 491 g/mol. The molecule has 0 unspecified atom stereocenters. The molecule has 4 rings (SSSR count). The summed E-state index contributed by atoms with van der Waals surface area (Å²) >= 11 is 0. The third-order valence-corrected chi connectivity index (χ3v) is 6.12. The highest BCUT2D eigenvalue weighted by molar-refractivity contribution is 7.90. The lowest BCUT2D eigenvalue weighted by atomic mass is 10.2. The van der Waals surface area contributed by atoms with E-state index in [0.717, 1.165) is 12.1 Å². The van der Waals surface area contributed by atoms with Crippen molar-refractivity contribution in [3.63, 3.8) is 0 Å². The van der Waals surface area contributed by atoms with Gasteiger partial charge in [0.15, 0.2) is 0 Å². The minimum Gasteiger partial charge on any atom is -0.404 e. The van der Waals surface area contributed by atoms with E-state index in [1.165, 1.54) is 37.5 Å². The van der Waals surface area contributed by atoms with Gasteiger partial charge in [0.2, 0.25) is 5.91 Å². The van der Waals surface area contributed by atoms with Crippen molar-refractivity contribution in [3.05, 3.63) is 67.0 Å². The van der Waals surface area contributed by atoms with Gasteiger partial charge in [0.1, 0.15) is 16.5 Å². The van der Waals surface area contributed by atoms with Crippen LogP contribution in [0.15, 0.2) is 71.9 Å². The molecule has 0 fully saturated rings. The first-order valence-electron chi connectivity index (χ1n) is 9.62. The molecule has 34 heavy (non-hydrogen) atoms. The molecule has 0 saturated heterocycles. The van der Waals surface area contributed by atoms with Crippen molar-refractivity contribution in [2.24, 2.45) is 0 Å². The molecule has 0 aliphatic heterocycles. The Morgan fingerprint density at radius 3 is 2.38 bits per heavy atom. The SMILES string of the molecule is CC(=O)Nc1ccc(Nc2cc3c(cn2)cnn3S(=O)(=O)c2ccccc2OC(F)(F)F)cc1. The fraction of sp³-hybridized carbons (Fsp3) is 0.0952. The summed E-state index contributed by atoms with van der Waals surface area (Å²) in [6.45, 7) is 1.39. The lowest BCUT2D eigenvalue weighted by Gasteiger charge is -2.14. The zero-order valence-electron chi connectivity index (χ0n) is 17.4. The molecule has 2 N–H and O–H groups in total. The number of nitrogens with zero attached hydrogens (tertiary/aromatic N) is 3. The number of nitrogens with one attached hydrogen (secondary N) is 2. The summed E-state index contributed by atoms with van der Waals surface area (Å²) in [6.07, 6.45) is -2.46. The van der Waals surface area contributed by atoms with Gasteiger partial charge in [0, 0.05) is 35.9 Å². The number of para-hydroxylation sites is 1. The molecular weight excluding hydrogens is 475 g/mol. The Hall–Kier alpha value is -4.13. The number of rotatable bonds is 6. The highest BCUT2D eigenvalue weighted by Gasteiger charge is 2.35. The van der Waals surface area contributed by atoms with E-state index >= 15 is 0 Å². The summed E-state index contributed by atoms with van der Waals surface area (Å²) < 4.78 is 69.2. The summed E-state index contributed by atoms with van der Waals surface area (Å²) in [4.78, 5) is 14.6. The van der Waals surface area contributed by atoms with Crippen LogP contribution in [0.2, 0.25) is 0 Å². The molecule has 2 heterocycles. The number of carbonyl (C=O) groups is 1. The topological polar surface area (TPSA) is 115 Å². The summed E-state index contributed by atoms with van der Waals surface area (Å²) in [5.74, 6) is -0.827. The Balaban J connectivity index is 1.69. The molecule has 0 saturated carbocycles. The Morgan fingerprint density at radius 1 is 1.03 bits per heavy atom. The van der Waals surface area contributed by atoms with E-state index < -0.39 is 27.0 Å². The zero-order valence-corrected chi connectivity index (χ0v) is 18.2. The first-order valence-corrected chi connectivity index (χ1v) is 11.1. The van der Waals surface area contributed by atoms with Gasteiger partial charge < -0.3 is 15.4 Å². The maximum atomic E-state index is 13.2. The Kier molecular flexibility index (Phi) is 5.87. The molecular formula is C21H16F3N5O4S. The Labute approximate surface area is 191 Å². The largest absolute Gasteiger partial charge is 0.573 e. The number of aromatic nitrogens is 3. The van der Waals surface area contributed by atoms with Gasteiger partial charge in [0.05, 0.1) is 11.7 Å². The predicted octanol–water partition coefficient (Wildman–Crippen LogP) is 4.27. The highest BCUT2D eigenvalue weighted by atomic mass is 32.2. The number of hydrogen-bond acceptors (Lipinski definition) is 7. The van der Waals surface area contributed by atoms with Crippen LogP contribution in [0.5, 0.6) is 5.75 Å². The Morgan fingerprint density at radius 2 is 1.71 bits per heavy atom. The maximum Gasteiger partial charge on any atom is 0.573 e. The molecule has 0 radical (unpaired) electrons. The number of hydrogen-bond donors (Lipinski definition) is 2. The summed E-state index contributed by atoms with van der Waals surface area (Å²) in [6, 6.07) is 12.5. The van der Waals surface area contributed by atoms with Crippen molar-refractivity contribution >= 4 is 44.0 Å². The molecule has 1 amide bonds. The van der Waals surface area contributed by atoms with Gasteiger partial charge in [0.25, 0.3) is 10.0 Å². The number of benzene rings is 2. The number of carbonyl (C=O) groups excluding carboxylic acids is 1. The molecule has 0 spiro atoms. The second-order valence-electron chi connectivity index (χ2n) is 7.00. The fourth-order valence-corrected chi connectivity index (χ4v) is 4.50. The molecule has 9 nitrogen and oxygen atoms in total. The van der Waals surface area contributed by atoms with E-state index in [1.807, 2.05) is 0 Å². The number of alkyl halides is 3. The van der Waals surface area contributed by atoms with Gasteiger partial charge in [-0.1, -0.05) is 12.1 Å². The van der Waals surface area contributed by atoms with Crippen molar-refractivity contribution < 1.29 is 31.1 Å². The summed E-state index contributed by atoms with van der Waals surface area (Å²) in [5, 5.41) is 9.83. The third kappa shape index (κ3) is 4.93. The quantitative estimate of drug-likeness (QED) is 0.414. The molecule has 0 atom stereocenters. The molecule has 0 aliphatic rings. The smallest absolute Gasteiger partial charge is 0.404 e. The van der Waals surface area contributed by atoms with E-state index in [9.17, 15) is 26.4 Å². The van der Waals surface area contributed by atoms with Gasteiger partial charge in [-0.2, -0.15) is 17.6 Å². The van der Waals surface area contributed by atoms with Crippen LogP contribution in [-0.2, 0) is 14.8 Å². The van der Waals surface area contributed by atoms with Crippen LogP contribution >= 0.6 is 0 Å². The number of amides is 1. The van der Waals surface area contributed by atoms with Crippen LogP contribution in [0.1, 0.15) is 6.92 Å². The van der Waals surface area contributed by atoms with Crippen molar-refractivity contribution in [1.29, 1.82) is 0 Å². The van der Waals surface area contributed by atoms with E-state index in [2.05, 4.69) is 25.5 Å². The molecule has 0 aliphatic carbocycles. The number of halogens is 3. The zero-order chi connectivity index (χ0) is 24.5. The van der Waals surface area contributed by atoms with E-state index in [-0.39, 0.29) is 17.2 Å². The average Bonchev–Trinajstić information content (AvgIpc) is 3.18. The molecule has 4 aromatic rings. The number of fused-ring (bicyclic) bond motifs is 1. The van der Waals surface area contributed by atoms with Gasteiger partial charge >= 0.3 is 6.36 Å². The molecule has 176 valence electrons. The predicted molar refractivity (Wildman–Crippen MR) is 117 cm³/mol. The first-order chi connectivity index (χ1) is 16.0. The third-order valence-electron chi connectivity index (χ3n) is 4.48. The van der Waals surface area contributed by atoms with Crippen LogP contribution < -0.4 is 15.4 Å². The molecule has 2 aromatic heterocycles. The first kappa shape index (κ1) is 23.0. The standard InChI is InChI=1S/C21H16F3N5O4S/c1-13(30)27-15-6-8-16(9-7-15)28-20-10-17-14(11-25-20)12-26-29(17)34(31,32)19-5-3-2-4-18(19)33-21(22,23)24/h2-12H,1H3,(H,25,28)(H,27,30). The van der Waals surface area contributed by atoms with E-state index in [0.29, 0.717) is 20.8 Å². The monoisotopic (exact) mass is 491 g/mol. The van der Waals surface area contributed by atoms with Gasteiger partial charge in [-0.25, -0.2) is 4.98 Å². The van der Waals surface area contributed by atoms with Crippen LogP contribution in [0.3, 0.4) is 0 Å². The van der Waals surface area contributed by atoms with Gasteiger partial charge in [-0.3, -0.25) is 4.79 Å². The van der Waals surface area contributed by atoms with Crippen LogP contribution in [0.25, 0.3) is 10.9 Å². The second-order valence-corrected chi connectivity index (χ2v) is 8.73. The minimum absolute atomic E-state index is 0.0918. The second kappa shape index (κ2) is 8.67. The lowest BCUT2D eigenvalue weighted by Crippen LogP contribution is -2.21. The minimum atomic E-state index is -5.08. The summed E-state index contributed by atoms with van der Waals surface area (Å²) in [7, 11) is -4.55. The number of pyridine rings is 1. The molecule has 0 bridgehead atoms. The van der Waals surface area contributed by atoms with E-state index in [4.69, 9.17) is 0 Å². The van der Waals surface area contributed by atoms with Crippen LogP contribution in [-0.4, -0.2) is 34.9 Å². The number of ether oxygens (including phenoxy) is 1. The maximum absolute atomic E-state index is 13.2. The molecule has 2 aromatic carbocycles. The summed E-state index contributed by atoms with van der Waals surface area (Å²) in [5.41, 5.74) is 1.28. The number of anilines is 3. The highest BCUT2D eigenvalue weighted by Crippen LogP contribution is 2.32. The fourth-order valence-electron chi connectivity index (χ4n) is 3.11. The van der Waals surface area contributed by atoms with Crippen molar-refractivity contribution in [2.75, 3.05) is 10.6 Å². The van der Waals surface area contributed by atoms with Crippen molar-refractivity contribution in [3.8, 4) is 5.75 Å². The van der Waals surface area contributed by atoms with Crippen molar-refractivity contribution in [2.45, 2.75) is 18.2 Å². The Bertz CT molecular complexity index is 1470. The molecule has 13 heteroatoms. The normalized spacial score (nSPS) is 11.9. The van der Waals surface area contributed by atoms with Crippen LogP contribution in [0.4, 0.5) is 30.4 Å². The van der Waals surface area contributed by atoms with Crippen molar-refractivity contribution in [1.82, 2.24) is 14.2 Å². The lowest BCUT2D eigenvalue weighted by molar-refractivity contribution is -0.275. The van der Waals surface area contributed by atoms with Gasteiger partial charge in [-0.05, 0) is 36.4 Å². The van der Waals surface area contributed by atoms with Crippen LogP contribution in [0, 0.1) is 0 Å².